The van der Waals surface area contributed by atoms with Gasteiger partial charge in [0.25, 0.3) is 5.69 Å². The van der Waals surface area contributed by atoms with Crippen LogP contribution in [0.5, 0.6) is 0 Å². The van der Waals surface area contributed by atoms with Crippen LogP contribution in [0.15, 0.2) is 52.9 Å². The van der Waals surface area contributed by atoms with Crippen LogP contribution in [0.1, 0.15) is 11.5 Å². The van der Waals surface area contributed by atoms with Gasteiger partial charge in [0, 0.05) is 25.2 Å². The van der Waals surface area contributed by atoms with E-state index in [4.69, 9.17) is 4.42 Å². The smallest absolute Gasteiger partial charge is 0.271 e. The maximum atomic E-state index is 10.8. The SMILES string of the molecule is O=[N+]([O-])c1ccc2oc(CN(CCO)CCc3ccccc3)nc2c1. The number of aliphatic hydroxyl groups excluding tert-OH is 1. The van der Waals surface area contributed by atoms with Gasteiger partial charge in [-0.1, -0.05) is 30.3 Å². The number of fused-ring (bicyclic) bond motifs is 1. The summed E-state index contributed by atoms with van der Waals surface area (Å²) < 4.78 is 5.67. The standard InChI is InChI=1S/C18H19N3O4/c22-11-10-20(9-8-14-4-2-1-3-5-14)13-18-19-16-12-15(21(23)24)6-7-17(16)25-18/h1-7,12,22H,8-11,13H2. The molecule has 0 atom stereocenters. The average molecular weight is 341 g/mol. The van der Waals surface area contributed by atoms with Crippen molar-refractivity contribution in [1.29, 1.82) is 0 Å². The zero-order valence-corrected chi connectivity index (χ0v) is 13.7. The minimum Gasteiger partial charge on any atom is -0.439 e. The topological polar surface area (TPSA) is 92.6 Å². The van der Waals surface area contributed by atoms with Gasteiger partial charge in [-0.2, -0.15) is 0 Å². The van der Waals surface area contributed by atoms with Gasteiger partial charge in [-0.05, 0) is 18.1 Å². The molecule has 0 fully saturated rings. The molecule has 3 aromatic rings. The van der Waals surface area contributed by atoms with E-state index in [0.29, 0.717) is 30.1 Å². The van der Waals surface area contributed by atoms with Crippen LogP contribution in [0.4, 0.5) is 5.69 Å². The van der Waals surface area contributed by atoms with Crippen molar-refractivity contribution in [3.8, 4) is 0 Å². The van der Waals surface area contributed by atoms with Crippen molar-refractivity contribution in [1.82, 2.24) is 9.88 Å². The molecule has 0 aliphatic carbocycles. The molecule has 1 heterocycles. The van der Waals surface area contributed by atoms with Crippen molar-refractivity contribution in [3.63, 3.8) is 0 Å². The second-order valence-corrected chi connectivity index (χ2v) is 5.75. The van der Waals surface area contributed by atoms with Gasteiger partial charge in [-0.25, -0.2) is 4.98 Å². The lowest BCUT2D eigenvalue weighted by atomic mass is 10.1. The molecule has 3 rings (SSSR count). The molecule has 1 aromatic heterocycles. The summed E-state index contributed by atoms with van der Waals surface area (Å²) >= 11 is 0. The summed E-state index contributed by atoms with van der Waals surface area (Å²) in [4.78, 5) is 16.8. The molecular weight excluding hydrogens is 322 g/mol. The van der Waals surface area contributed by atoms with Gasteiger partial charge in [0.1, 0.15) is 5.52 Å². The molecule has 0 unspecified atom stereocenters. The maximum absolute atomic E-state index is 10.8. The number of hydrogen-bond acceptors (Lipinski definition) is 6. The fourth-order valence-corrected chi connectivity index (χ4v) is 2.68. The Kier molecular flexibility index (Phi) is 5.37. The fraction of sp³-hybridized carbons (Fsp3) is 0.278. The highest BCUT2D eigenvalue weighted by atomic mass is 16.6. The van der Waals surface area contributed by atoms with E-state index in [0.717, 1.165) is 13.0 Å². The maximum Gasteiger partial charge on any atom is 0.271 e. The number of nitro benzene ring substituents is 1. The first-order chi connectivity index (χ1) is 12.2. The van der Waals surface area contributed by atoms with Gasteiger partial charge >= 0.3 is 0 Å². The molecule has 2 aromatic carbocycles. The largest absolute Gasteiger partial charge is 0.439 e. The van der Waals surface area contributed by atoms with E-state index in [1.807, 2.05) is 23.1 Å². The Morgan fingerprint density at radius 1 is 1.16 bits per heavy atom. The normalized spacial score (nSPS) is 11.3. The second kappa shape index (κ2) is 7.87. The Hall–Kier alpha value is -2.77. The molecule has 0 aliphatic rings. The Labute approximate surface area is 144 Å². The van der Waals surface area contributed by atoms with E-state index < -0.39 is 4.92 Å². The molecule has 0 spiro atoms. The number of non-ortho nitro benzene ring substituents is 1. The van der Waals surface area contributed by atoms with Crippen molar-refractivity contribution in [2.45, 2.75) is 13.0 Å². The molecule has 0 amide bonds. The summed E-state index contributed by atoms with van der Waals surface area (Å²) in [5.74, 6) is 0.483. The zero-order chi connectivity index (χ0) is 17.6. The minimum absolute atomic E-state index is 0.0105. The molecule has 7 heteroatoms. The molecule has 0 bridgehead atoms. The van der Waals surface area contributed by atoms with Gasteiger partial charge in [0.05, 0.1) is 18.1 Å². The number of nitro groups is 1. The first-order valence-electron chi connectivity index (χ1n) is 8.06. The molecular formula is C18H19N3O4. The van der Waals surface area contributed by atoms with Crippen LogP contribution >= 0.6 is 0 Å². The predicted octanol–water partition coefficient (Wildman–Crippen LogP) is 2.77. The Morgan fingerprint density at radius 3 is 2.68 bits per heavy atom. The highest BCUT2D eigenvalue weighted by Gasteiger charge is 2.14. The van der Waals surface area contributed by atoms with Gasteiger partial charge in [0.2, 0.25) is 5.89 Å². The number of rotatable bonds is 8. The minimum atomic E-state index is -0.453. The molecule has 7 nitrogen and oxygen atoms in total. The van der Waals surface area contributed by atoms with Crippen LogP contribution in [0, 0.1) is 10.1 Å². The molecule has 0 saturated heterocycles. The average Bonchev–Trinajstić information content (AvgIpc) is 3.02. The highest BCUT2D eigenvalue weighted by molar-refractivity contribution is 5.75. The van der Waals surface area contributed by atoms with E-state index in [1.165, 1.54) is 17.7 Å². The van der Waals surface area contributed by atoms with Crippen molar-refractivity contribution < 1.29 is 14.4 Å². The third kappa shape index (κ3) is 4.40. The summed E-state index contributed by atoms with van der Waals surface area (Å²) in [6.45, 7) is 1.74. The summed E-state index contributed by atoms with van der Waals surface area (Å²) in [5, 5.41) is 20.1. The summed E-state index contributed by atoms with van der Waals surface area (Å²) in [7, 11) is 0. The van der Waals surface area contributed by atoms with E-state index >= 15 is 0 Å². The lowest BCUT2D eigenvalue weighted by Crippen LogP contribution is -2.28. The first kappa shape index (κ1) is 17.1. The van der Waals surface area contributed by atoms with Crippen molar-refractivity contribution in [2.75, 3.05) is 19.7 Å². The van der Waals surface area contributed by atoms with Gasteiger partial charge in [-0.15, -0.1) is 0 Å². The monoisotopic (exact) mass is 341 g/mol. The summed E-state index contributed by atoms with van der Waals surface area (Å²) in [6.07, 6.45) is 0.854. The van der Waals surface area contributed by atoms with Crippen LogP contribution in [-0.2, 0) is 13.0 Å². The first-order valence-corrected chi connectivity index (χ1v) is 8.06. The Balaban J connectivity index is 1.70. The number of hydrogen-bond donors (Lipinski definition) is 1. The predicted molar refractivity (Wildman–Crippen MR) is 93.2 cm³/mol. The van der Waals surface area contributed by atoms with Crippen molar-refractivity contribution >= 4 is 16.8 Å². The molecule has 25 heavy (non-hydrogen) atoms. The van der Waals surface area contributed by atoms with Crippen LogP contribution in [0.3, 0.4) is 0 Å². The lowest BCUT2D eigenvalue weighted by molar-refractivity contribution is -0.384. The van der Waals surface area contributed by atoms with E-state index in [-0.39, 0.29) is 12.3 Å². The van der Waals surface area contributed by atoms with E-state index in [9.17, 15) is 15.2 Å². The summed E-state index contributed by atoms with van der Waals surface area (Å²) in [6, 6.07) is 14.5. The molecule has 0 saturated carbocycles. The van der Waals surface area contributed by atoms with Crippen LogP contribution in [0.2, 0.25) is 0 Å². The van der Waals surface area contributed by atoms with Gasteiger partial charge in [-0.3, -0.25) is 15.0 Å². The van der Waals surface area contributed by atoms with Gasteiger partial charge in [0.15, 0.2) is 5.58 Å². The highest BCUT2D eigenvalue weighted by Crippen LogP contribution is 2.22. The zero-order valence-electron chi connectivity index (χ0n) is 13.7. The molecule has 1 N–H and O–H groups in total. The Morgan fingerprint density at radius 2 is 1.96 bits per heavy atom. The third-order valence-electron chi connectivity index (χ3n) is 3.96. The number of benzene rings is 2. The number of oxazole rings is 1. The van der Waals surface area contributed by atoms with Crippen LogP contribution < -0.4 is 0 Å². The number of aromatic nitrogens is 1. The van der Waals surface area contributed by atoms with Gasteiger partial charge < -0.3 is 9.52 Å². The van der Waals surface area contributed by atoms with Crippen LogP contribution in [-0.4, -0.2) is 39.6 Å². The van der Waals surface area contributed by atoms with Crippen molar-refractivity contribution in [2.24, 2.45) is 0 Å². The lowest BCUT2D eigenvalue weighted by Gasteiger charge is -2.19. The van der Waals surface area contributed by atoms with Crippen LogP contribution in [0.25, 0.3) is 11.1 Å². The molecule has 0 radical (unpaired) electrons. The quantitative estimate of drug-likeness (QED) is 0.500. The number of nitrogens with zero attached hydrogens (tertiary/aromatic N) is 3. The summed E-state index contributed by atoms with van der Waals surface area (Å²) in [5.41, 5.74) is 2.20. The number of aliphatic hydroxyl groups is 1. The van der Waals surface area contributed by atoms with E-state index in [1.54, 1.807) is 6.07 Å². The fourth-order valence-electron chi connectivity index (χ4n) is 2.68. The molecule has 0 aliphatic heterocycles. The van der Waals surface area contributed by atoms with E-state index in [2.05, 4.69) is 17.1 Å². The van der Waals surface area contributed by atoms with Crippen molar-refractivity contribution in [3.05, 3.63) is 70.1 Å². The Bertz CT molecular complexity index is 848. The molecule has 130 valence electrons. The third-order valence-corrected chi connectivity index (χ3v) is 3.96. The second-order valence-electron chi connectivity index (χ2n) is 5.75.